The van der Waals surface area contributed by atoms with Crippen LogP contribution in [-0.4, -0.2) is 31.8 Å². The van der Waals surface area contributed by atoms with E-state index in [0.717, 1.165) is 11.1 Å². The summed E-state index contributed by atoms with van der Waals surface area (Å²) in [5.41, 5.74) is 2.14. The van der Waals surface area contributed by atoms with Crippen LogP contribution in [0, 0.1) is 0 Å². The largest absolute Gasteiger partial charge is 0.338 e. The van der Waals surface area contributed by atoms with Crippen molar-refractivity contribution >= 4 is 16.2 Å². The van der Waals surface area contributed by atoms with Crippen molar-refractivity contribution in [2.75, 3.05) is 13.1 Å². The van der Waals surface area contributed by atoms with Gasteiger partial charge in [-0.25, -0.2) is 9.52 Å². The summed E-state index contributed by atoms with van der Waals surface area (Å²) in [6.07, 6.45) is 0.659. The minimum atomic E-state index is -3.78. The number of nitrogens with zero attached hydrogens (tertiary/aromatic N) is 1. The van der Waals surface area contributed by atoms with Gasteiger partial charge in [-0.3, -0.25) is 0 Å². The average Bonchev–Trinajstić information content (AvgIpc) is 2.37. The molecule has 1 aliphatic heterocycles. The second-order valence-corrected chi connectivity index (χ2v) is 5.99. The molecule has 0 aromatic heterocycles. The molecular weight excluding hydrogens is 266 g/mol. The lowest BCUT2D eigenvalue weighted by atomic mass is 10.0. The lowest BCUT2D eigenvalue weighted by molar-refractivity contribution is 0.245. The topological polar surface area (TPSA) is 78.5 Å². The smallest absolute Gasteiger partial charge is 0.329 e. The second-order valence-electron chi connectivity index (χ2n) is 4.32. The van der Waals surface area contributed by atoms with Gasteiger partial charge >= 0.3 is 16.2 Å². The van der Waals surface area contributed by atoms with E-state index in [1.165, 1.54) is 4.31 Å². The van der Waals surface area contributed by atoms with Crippen LogP contribution >= 0.6 is 0 Å². The van der Waals surface area contributed by atoms with Crippen molar-refractivity contribution in [2.24, 2.45) is 0 Å². The van der Waals surface area contributed by atoms with Crippen molar-refractivity contribution in [1.29, 1.82) is 0 Å². The highest BCUT2D eigenvalue weighted by atomic mass is 32.2. The van der Waals surface area contributed by atoms with Crippen molar-refractivity contribution in [2.45, 2.75) is 19.9 Å². The fourth-order valence-corrected chi connectivity index (χ4v) is 3.13. The van der Waals surface area contributed by atoms with Gasteiger partial charge in [0.2, 0.25) is 0 Å². The van der Waals surface area contributed by atoms with Crippen LogP contribution in [0.2, 0.25) is 0 Å². The van der Waals surface area contributed by atoms with Gasteiger partial charge in [-0.15, -0.1) is 0 Å². The third kappa shape index (κ3) is 3.24. The van der Waals surface area contributed by atoms with Crippen LogP contribution in [0.15, 0.2) is 24.3 Å². The van der Waals surface area contributed by atoms with Crippen molar-refractivity contribution in [3.63, 3.8) is 0 Å². The molecule has 0 saturated heterocycles. The first-order chi connectivity index (χ1) is 9.03. The Morgan fingerprint density at radius 2 is 2.00 bits per heavy atom. The van der Waals surface area contributed by atoms with Crippen molar-refractivity contribution < 1.29 is 13.2 Å². The molecule has 2 N–H and O–H groups in total. The van der Waals surface area contributed by atoms with Crippen LogP contribution in [0.1, 0.15) is 18.1 Å². The quantitative estimate of drug-likeness (QED) is 0.853. The molecule has 1 aromatic rings. The Bertz CT molecular complexity index is 571. The van der Waals surface area contributed by atoms with Crippen LogP contribution < -0.4 is 10.0 Å². The molecule has 104 valence electrons. The van der Waals surface area contributed by atoms with Crippen molar-refractivity contribution in [1.82, 2.24) is 14.3 Å². The summed E-state index contributed by atoms with van der Waals surface area (Å²) in [7, 11) is -3.78. The summed E-state index contributed by atoms with van der Waals surface area (Å²) in [4.78, 5) is 11.3. The number of fused-ring (bicyclic) bond motifs is 1. The Hall–Kier alpha value is -1.60. The van der Waals surface area contributed by atoms with E-state index >= 15 is 0 Å². The van der Waals surface area contributed by atoms with Crippen LogP contribution in [-0.2, 0) is 23.2 Å². The predicted molar refractivity (Wildman–Crippen MR) is 71.7 cm³/mol. The number of nitrogens with one attached hydrogen (secondary N) is 2. The van der Waals surface area contributed by atoms with Crippen molar-refractivity contribution in [3.05, 3.63) is 35.4 Å². The molecule has 0 unspecified atom stereocenters. The van der Waals surface area contributed by atoms with Crippen molar-refractivity contribution in [3.8, 4) is 0 Å². The Morgan fingerprint density at radius 3 is 2.68 bits per heavy atom. The number of urea groups is 1. The molecule has 2 amide bonds. The molecule has 0 spiro atoms. The highest BCUT2D eigenvalue weighted by molar-refractivity contribution is 7.87. The predicted octanol–water partition coefficient (Wildman–Crippen LogP) is 0.609. The highest BCUT2D eigenvalue weighted by Gasteiger charge is 2.27. The first-order valence-electron chi connectivity index (χ1n) is 6.15. The van der Waals surface area contributed by atoms with Gasteiger partial charge in [-0.1, -0.05) is 24.3 Å². The zero-order valence-corrected chi connectivity index (χ0v) is 11.5. The van der Waals surface area contributed by atoms with Gasteiger partial charge < -0.3 is 5.32 Å². The van der Waals surface area contributed by atoms with Gasteiger partial charge in [0.15, 0.2) is 0 Å². The molecule has 1 aromatic carbocycles. The summed E-state index contributed by atoms with van der Waals surface area (Å²) in [5, 5.41) is 2.40. The molecule has 0 aliphatic carbocycles. The summed E-state index contributed by atoms with van der Waals surface area (Å²) < 4.78 is 27.4. The average molecular weight is 283 g/mol. The molecule has 1 heterocycles. The maximum Gasteiger partial charge on any atom is 0.329 e. The molecule has 0 atom stereocenters. The molecule has 1 aliphatic rings. The fraction of sp³-hybridized carbons (Fsp3) is 0.417. The molecular formula is C12H17N3O3S. The number of hydrogen-bond acceptors (Lipinski definition) is 3. The molecule has 2 rings (SSSR count). The molecule has 0 radical (unpaired) electrons. The standard InChI is InChI=1S/C12H17N3O3S/c1-2-13-12(16)14-19(17,18)15-8-7-10-5-3-4-6-11(10)9-15/h3-6H,2,7-9H2,1H3,(H2,13,14,16). The van der Waals surface area contributed by atoms with Crippen LogP contribution in [0.5, 0.6) is 0 Å². The number of benzene rings is 1. The Kier molecular flexibility index (Phi) is 4.06. The van der Waals surface area contributed by atoms with E-state index in [1.54, 1.807) is 6.92 Å². The lowest BCUT2D eigenvalue weighted by Crippen LogP contribution is -2.48. The summed E-state index contributed by atoms with van der Waals surface area (Å²) >= 11 is 0. The van der Waals surface area contributed by atoms with Gasteiger partial charge in [-0.05, 0) is 24.5 Å². The zero-order chi connectivity index (χ0) is 13.9. The number of carbonyl (C=O) groups is 1. The molecule has 6 nitrogen and oxygen atoms in total. The molecule has 0 bridgehead atoms. The summed E-state index contributed by atoms with van der Waals surface area (Å²) in [6.45, 7) is 2.78. The fourth-order valence-electron chi connectivity index (χ4n) is 2.05. The lowest BCUT2D eigenvalue weighted by Gasteiger charge is -2.27. The monoisotopic (exact) mass is 283 g/mol. The van der Waals surface area contributed by atoms with Crippen LogP contribution in [0.4, 0.5) is 4.79 Å². The zero-order valence-electron chi connectivity index (χ0n) is 10.7. The van der Waals surface area contributed by atoms with E-state index < -0.39 is 16.2 Å². The minimum Gasteiger partial charge on any atom is -0.338 e. The van der Waals surface area contributed by atoms with E-state index in [9.17, 15) is 13.2 Å². The number of rotatable bonds is 3. The van der Waals surface area contributed by atoms with E-state index in [1.807, 2.05) is 29.0 Å². The maximum absolute atomic E-state index is 12.0. The first-order valence-corrected chi connectivity index (χ1v) is 7.59. The Labute approximate surface area is 113 Å². The van der Waals surface area contributed by atoms with Crippen LogP contribution in [0.3, 0.4) is 0 Å². The molecule has 0 fully saturated rings. The minimum absolute atomic E-state index is 0.297. The highest BCUT2D eigenvalue weighted by Crippen LogP contribution is 2.20. The first kappa shape index (κ1) is 13.8. The Morgan fingerprint density at radius 1 is 1.32 bits per heavy atom. The normalized spacial score (nSPS) is 15.6. The van der Waals surface area contributed by atoms with Gasteiger partial charge in [0.05, 0.1) is 0 Å². The SMILES string of the molecule is CCNC(=O)NS(=O)(=O)N1CCc2ccccc2C1. The van der Waals surface area contributed by atoms with E-state index in [0.29, 0.717) is 26.1 Å². The second kappa shape index (κ2) is 5.58. The molecule has 19 heavy (non-hydrogen) atoms. The summed E-state index contributed by atoms with van der Waals surface area (Å²) in [5.74, 6) is 0. The third-order valence-corrected chi connectivity index (χ3v) is 4.43. The molecule has 0 saturated carbocycles. The van der Waals surface area contributed by atoms with E-state index in [-0.39, 0.29) is 0 Å². The Balaban J connectivity index is 2.10. The van der Waals surface area contributed by atoms with Gasteiger partial charge in [-0.2, -0.15) is 12.7 Å². The van der Waals surface area contributed by atoms with E-state index in [4.69, 9.17) is 0 Å². The molecule has 7 heteroatoms. The third-order valence-electron chi connectivity index (χ3n) is 2.99. The van der Waals surface area contributed by atoms with E-state index in [2.05, 4.69) is 5.32 Å². The number of amides is 2. The van der Waals surface area contributed by atoms with Gasteiger partial charge in [0.25, 0.3) is 0 Å². The summed E-state index contributed by atoms with van der Waals surface area (Å²) in [6, 6.07) is 7.03. The van der Waals surface area contributed by atoms with Crippen LogP contribution in [0.25, 0.3) is 0 Å². The number of hydrogen-bond donors (Lipinski definition) is 2. The maximum atomic E-state index is 12.0. The number of carbonyl (C=O) groups excluding carboxylic acids is 1. The van der Waals surface area contributed by atoms with Gasteiger partial charge in [0.1, 0.15) is 0 Å². The van der Waals surface area contributed by atoms with Gasteiger partial charge in [0, 0.05) is 19.6 Å².